The second-order valence-electron chi connectivity index (χ2n) is 7.21. The lowest BCUT2D eigenvalue weighted by atomic mass is 10.1. The van der Waals surface area contributed by atoms with Gasteiger partial charge in [-0.2, -0.15) is 0 Å². The van der Waals surface area contributed by atoms with Crippen molar-refractivity contribution in [2.75, 3.05) is 26.2 Å². The van der Waals surface area contributed by atoms with E-state index in [1.165, 1.54) is 0 Å². The molecule has 3 heterocycles. The molecule has 150 valence electrons. The number of hydrogen-bond donors (Lipinski definition) is 0. The zero-order valence-electron chi connectivity index (χ0n) is 16.3. The summed E-state index contributed by atoms with van der Waals surface area (Å²) in [5.41, 5.74) is 2.97. The molecule has 1 aliphatic rings. The fourth-order valence-electron chi connectivity index (χ4n) is 3.64. The average Bonchev–Trinajstić information content (AvgIpc) is 2.96. The Morgan fingerprint density at radius 1 is 1.10 bits per heavy atom. The SMILES string of the molecule is Cc1onc(-c2ccc(Cl)cc2)c1C(=O)N1CCCN(Cc2ccccn2)CC1. The van der Waals surface area contributed by atoms with Gasteiger partial charge in [-0.1, -0.05) is 35.0 Å². The highest BCUT2D eigenvalue weighted by atomic mass is 35.5. The van der Waals surface area contributed by atoms with Gasteiger partial charge in [-0.05, 0) is 37.6 Å². The zero-order chi connectivity index (χ0) is 20.2. The number of carbonyl (C=O) groups excluding carboxylic acids is 1. The van der Waals surface area contributed by atoms with E-state index < -0.39 is 0 Å². The Bertz CT molecular complexity index is 972. The predicted octanol–water partition coefficient (Wildman–Crippen LogP) is 4.05. The Morgan fingerprint density at radius 2 is 1.93 bits per heavy atom. The van der Waals surface area contributed by atoms with Crippen molar-refractivity contribution in [2.45, 2.75) is 19.9 Å². The van der Waals surface area contributed by atoms with Crippen molar-refractivity contribution >= 4 is 17.5 Å². The minimum absolute atomic E-state index is 0.0339. The number of amides is 1. The average molecular weight is 411 g/mol. The maximum Gasteiger partial charge on any atom is 0.259 e. The minimum atomic E-state index is -0.0339. The first-order chi connectivity index (χ1) is 14.1. The lowest BCUT2D eigenvalue weighted by Crippen LogP contribution is -2.35. The quantitative estimate of drug-likeness (QED) is 0.649. The van der Waals surface area contributed by atoms with Crippen LogP contribution in [0.4, 0.5) is 0 Å². The van der Waals surface area contributed by atoms with Gasteiger partial charge in [-0.25, -0.2) is 0 Å². The van der Waals surface area contributed by atoms with Gasteiger partial charge in [0.1, 0.15) is 17.0 Å². The van der Waals surface area contributed by atoms with Gasteiger partial charge in [0.05, 0.1) is 5.69 Å². The van der Waals surface area contributed by atoms with Gasteiger partial charge in [-0.15, -0.1) is 0 Å². The molecule has 0 saturated carbocycles. The van der Waals surface area contributed by atoms with Crippen LogP contribution in [0.1, 0.15) is 28.2 Å². The van der Waals surface area contributed by atoms with E-state index in [9.17, 15) is 4.79 Å². The molecule has 4 rings (SSSR count). The normalized spacial score (nSPS) is 15.3. The third-order valence-electron chi connectivity index (χ3n) is 5.18. The van der Waals surface area contributed by atoms with Crippen molar-refractivity contribution in [3.63, 3.8) is 0 Å². The van der Waals surface area contributed by atoms with E-state index in [0.717, 1.165) is 37.3 Å². The van der Waals surface area contributed by atoms with Gasteiger partial charge in [-0.3, -0.25) is 14.7 Å². The van der Waals surface area contributed by atoms with Gasteiger partial charge >= 0.3 is 0 Å². The van der Waals surface area contributed by atoms with Gasteiger partial charge in [0, 0.05) is 49.5 Å². The highest BCUT2D eigenvalue weighted by molar-refractivity contribution is 6.30. The van der Waals surface area contributed by atoms with Gasteiger partial charge in [0.2, 0.25) is 0 Å². The van der Waals surface area contributed by atoms with Crippen LogP contribution < -0.4 is 0 Å². The molecule has 1 saturated heterocycles. The molecule has 29 heavy (non-hydrogen) atoms. The zero-order valence-corrected chi connectivity index (χ0v) is 17.1. The molecule has 1 aromatic carbocycles. The summed E-state index contributed by atoms with van der Waals surface area (Å²) in [5, 5.41) is 4.78. The van der Waals surface area contributed by atoms with E-state index >= 15 is 0 Å². The summed E-state index contributed by atoms with van der Waals surface area (Å²) in [6, 6.07) is 13.2. The van der Waals surface area contributed by atoms with Crippen molar-refractivity contribution in [2.24, 2.45) is 0 Å². The Balaban J connectivity index is 1.49. The van der Waals surface area contributed by atoms with E-state index in [1.54, 1.807) is 19.1 Å². The maximum atomic E-state index is 13.3. The van der Waals surface area contributed by atoms with Crippen LogP contribution in [0, 0.1) is 6.92 Å². The number of aryl methyl sites for hydroxylation is 1. The van der Waals surface area contributed by atoms with Crippen molar-refractivity contribution < 1.29 is 9.32 Å². The number of halogens is 1. The Morgan fingerprint density at radius 3 is 2.69 bits per heavy atom. The molecule has 2 aromatic heterocycles. The van der Waals surface area contributed by atoms with Crippen LogP contribution in [-0.4, -0.2) is 52.0 Å². The van der Waals surface area contributed by atoms with Crippen LogP contribution in [0.25, 0.3) is 11.3 Å². The third kappa shape index (κ3) is 4.49. The van der Waals surface area contributed by atoms with E-state index in [1.807, 2.05) is 41.4 Å². The molecule has 7 heteroatoms. The van der Waals surface area contributed by atoms with E-state index in [0.29, 0.717) is 35.1 Å². The summed E-state index contributed by atoms with van der Waals surface area (Å²) in [4.78, 5) is 22.0. The summed E-state index contributed by atoms with van der Waals surface area (Å²) in [5.74, 6) is 0.503. The third-order valence-corrected chi connectivity index (χ3v) is 5.43. The lowest BCUT2D eigenvalue weighted by Gasteiger charge is -2.22. The molecule has 6 nitrogen and oxygen atoms in total. The second kappa shape index (κ2) is 8.76. The molecule has 0 spiro atoms. The number of pyridine rings is 1. The number of benzene rings is 1. The Kier molecular flexibility index (Phi) is 5.92. The van der Waals surface area contributed by atoms with Crippen LogP contribution >= 0.6 is 11.6 Å². The van der Waals surface area contributed by atoms with E-state index in [2.05, 4.69) is 15.0 Å². The molecule has 0 N–H and O–H groups in total. The summed E-state index contributed by atoms with van der Waals surface area (Å²) in [6.07, 6.45) is 2.73. The van der Waals surface area contributed by atoms with Crippen molar-refractivity contribution in [3.05, 3.63) is 70.7 Å². The van der Waals surface area contributed by atoms with Crippen LogP contribution in [0.15, 0.2) is 53.2 Å². The van der Waals surface area contributed by atoms with Crippen molar-refractivity contribution in [1.29, 1.82) is 0 Å². The molecule has 1 fully saturated rings. The molecular weight excluding hydrogens is 388 g/mol. The minimum Gasteiger partial charge on any atom is -0.360 e. The highest BCUT2D eigenvalue weighted by Crippen LogP contribution is 2.28. The molecule has 0 bridgehead atoms. The summed E-state index contributed by atoms with van der Waals surface area (Å²) in [7, 11) is 0. The number of carbonyl (C=O) groups is 1. The first-order valence-corrected chi connectivity index (χ1v) is 10.1. The molecule has 1 aliphatic heterocycles. The maximum absolute atomic E-state index is 13.3. The lowest BCUT2D eigenvalue weighted by molar-refractivity contribution is 0.0760. The van der Waals surface area contributed by atoms with Crippen LogP contribution in [-0.2, 0) is 6.54 Å². The first kappa shape index (κ1) is 19.6. The van der Waals surface area contributed by atoms with Crippen LogP contribution in [0.3, 0.4) is 0 Å². The number of nitrogens with zero attached hydrogens (tertiary/aromatic N) is 4. The highest BCUT2D eigenvalue weighted by Gasteiger charge is 2.27. The summed E-state index contributed by atoms with van der Waals surface area (Å²) < 4.78 is 5.37. The fourth-order valence-corrected chi connectivity index (χ4v) is 3.77. The molecule has 1 amide bonds. The summed E-state index contributed by atoms with van der Waals surface area (Å²) >= 11 is 5.99. The Hall–Kier alpha value is -2.70. The molecular formula is C22H23ClN4O2. The van der Waals surface area contributed by atoms with Gasteiger partial charge < -0.3 is 9.42 Å². The second-order valence-corrected chi connectivity index (χ2v) is 7.65. The smallest absolute Gasteiger partial charge is 0.259 e. The van der Waals surface area contributed by atoms with Gasteiger partial charge in [0.15, 0.2) is 0 Å². The molecule has 0 atom stereocenters. The monoisotopic (exact) mass is 410 g/mol. The van der Waals surface area contributed by atoms with Crippen LogP contribution in [0.5, 0.6) is 0 Å². The number of aromatic nitrogens is 2. The molecule has 0 unspecified atom stereocenters. The van der Waals surface area contributed by atoms with Gasteiger partial charge in [0.25, 0.3) is 5.91 Å². The summed E-state index contributed by atoms with van der Waals surface area (Å²) in [6.45, 7) is 5.70. The topological polar surface area (TPSA) is 62.5 Å². The van der Waals surface area contributed by atoms with E-state index in [-0.39, 0.29) is 5.91 Å². The van der Waals surface area contributed by atoms with Crippen molar-refractivity contribution in [3.8, 4) is 11.3 Å². The molecule has 0 aliphatic carbocycles. The largest absolute Gasteiger partial charge is 0.360 e. The molecule has 3 aromatic rings. The fraction of sp³-hybridized carbons (Fsp3) is 0.318. The first-order valence-electron chi connectivity index (χ1n) is 9.75. The standard InChI is InChI=1S/C22H23ClN4O2/c1-16-20(21(25-29-16)17-6-8-18(23)9-7-17)22(28)27-12-4-11-26(13-14-27)15-19-5-2-3-10-24-19/h2-3,5-10H,4,11-15H2,1H3. The van der Waals surface area contributed by atoms with Crippen molar-refractivity contribution in [1.82, 2.24) is 19.9 Å². The number of rotatable bonds is 4. The molecule has 0 radical (unpaired) electrons. The Labute approximate surface area is 175 Å². The van der Waals surface area contributed by atoms with E-state index in [4.69, 9.17) is 16.1 Å². The number of hydrogen-bond acceptors (Lipinski definition) is 5. The van der Waals surface area contributed by atoms with Crippen LogP contribution in [0.2, 0.25) is 5.02 Å². The predicted molar refractivity (Wildman–Crippen MR) is 112 cm³/mol.